The zero-order valence-electron chi connectivity index (χ0n) is 7.65. The first-order chi connectivity index (χ1) is 4.61. The van der Waals surface area contributed by atoms with E-state index in [-0.39, 0.29) is 0 Å². The Morgan fingerprint density at radius 2 is 1.70 bits per heavy atom. The van der Waals surface area contributed by atoms with Crippen molar-refractivity contribution in [2.45, 2.75) is 40.5 Å². The lowest BCUT2D eigenvalue weighted by molar-refractivity contribution is 0.245. The average Bonchev–Trinajstić information content (AvgIpc) is 1.84. The molecule has 59 valence electrons. The van der Waals surface area contributed by atoms with Crippen LogP contribution in [0, 0.1) is 23.7 Å². The minimum atomic E-state index is 0.881. The van der Waals surface area contributed by atoms with Crippen LogP contribution in [-0.4, -0.2) is 0 Å². The molecule has 0 nitrogen and oxygen atoms in total. The maximum Gasteiger partial charge on any atom is -0.0241 e. The highest BCUT2D eigenvalue weighted by Crippen LogP contribution is 2.38. The molecule has 0 heteroatoms. The molecule has 0 heterocycles. The molecule has 0 aromatic rings. The van der Waals surface area contributed by atoms with Crippen LogP contribution in [0.2, 0.25) is 0 Å². The van der Waals surface area contributed by atoms with E-state index in [4.69, 9.17) is 0 Å². The fourth-order valence-corrected chi connectivity index (χ4v) is 1.90. The van der Waals surface area contributed by atoms with Gasteiger partial charge < -0.3 is 0 Å². The van der Waals surface area contributed by atoms with Crippen molar-refractivity contribution in [2.24, 2.45) is 17.8 Å². The summed E-state index contributed by atoms with van der Waals surface area (Å²) in [6.07, 6.45) is 2.77. The van der Waals surface area contributed by atoms with E-state index in [0.717, 1.165) is 17.8 Å². The Balaban J connectivity index is 2.46. The van der Waals surface area contributed by atoms with Gasteiger partial charge in [-0.2, -0.15) is 0 Å². The lowest BCUT2D eigenvalue weighted by Gasteiger charge is -2.34. The fraction of sp³-hybridized carbons (Fsp3) is 0.900. The molecule has 0 aromatic carbocycles. The van der Waals surface area contributed by atoms with Gasteiger partial charge in [-0.25, -0.2) is 0 Å². The van der Waals surface area contributed by atoms with Crippen LogP contribution < -0.4 is 0 Å². The van der Waals surface area contributed by atoms with Crippen LogP contribution in [0.3, 0.4) is 0 Å². The van der Waals surface area contributed by atoms with Crippen molar-refractivity contribution < 1.29 is 0 Å². The van der Waals surface area contributed by atoms with Gasteiger partial charge in [0.05, 0.1) is 0 Å². The molecule has 0 aromatic heterocycles. The van der Waals surface area contributed by atoms with Crippen LogP contribution in [0.15, 0.2) is 0 Å². The first kappa shape index (κ1) is 8.10. The normalized spacial score (nSPS) is 43.8. The van der Waals surface area contributed by atoms with Crippen LogP contribution in [-0.2, 0) is 0 Å². The van der Waals surface area contributed by atoms with Gasteiger partial charge >= 0.3 is 0 Å². The predicted molar refractivity (Wildman–Crippen MR) is 45.6 cm³/mol. The average molecular weight is 139 g/mol. The summed E-state index contributed by atoms with van der Waals surface area (Å²) in [5, 5.41) is 0. The second-order valence-corrected chi connectivity index (χ2v) is 4.14. The second-order valence-electron chi connectivity index (χ2n) is 4.14. The Bertz CT molecular complexity index is 80.6. The number of hydrogen-bond donors (Lipinski definition) is 0. The molecule has 0 N–H and O–H groups in total. The predicted octanol–water partition coefficient (Wildman–Crippen LogP) is 3.28. The van der Waals surface area contributed by atoms with Crippen LogP contribution in [0.4, 0.5) is 0 Å². The maximum absolute atomic E-state index is 2.38. The highest BCUT2D eigenvalue weighted by Gasteiger charge is 2.27. The standard InChI is InChI=1S/C10H19/c1-7-5-9(3)10(4)6-8(7)2/h7-9H,5-6H2,1-4H3. The van der Waals surface area contributed by atoms with Crippen molar-refractivity contribution in [1.82, 2.24) is 0 Å². The molecule has 1 aliphatic rings. The van der Waals surface area contributed by atoms with Crippen molar-refractivity contribution in [1.29, 1.82) is 0 Å². The zero-order valence-corrected chi connectivity index (χ0v) is 7.65. The third kappa shape index (κ3) is 1.53. The molecule has 1 saturated carbocycles. The van der Waals surface area contributed by atoms with Crippen molar-refractivity contribution in [3.63, 3.8) is 0 Å². The Hall–Kier alpha value is 0. The molecule has 1 aliphatic carbocycles. The number of hydrogen-bond acceptors (Lipinski definition) is 0. The van der Waals surface area contributed by atoms with Crippen LogP contribution in [0.1, 0.15) is 40.5 Å². The number of rotatable bonds is 0. The summed E-state index contributed by atoms with van der Waals surface area (Å²) in [6.45, 7) is 9.43. The highest BCUT2D eigenvalue weighted by atomic mass is 14.3. The van der Waals surface area contributed by atoms with Gasteiger partial charge in [0.1, 0.15) is 0 Å². The molecule has 1 rings (SSSR count). The van der Waals surface area contributed by atoms with Gasteiger partial charge in [0.2, 0.25) is 0 Å². The lowest BCUT2D eigenvalue weighted by Crippen LogP contribution is -2.24. The highest BCUT2D eigenvalue weighted by molar-refractivity contribution is 4.96. The van der Waals surface area contributed by atoms with Crippen molar-refractivity contribution in [3.8, 4) is 0 Å². The summed E-state index contributed by atoms with van der Waals surface area (Å²) in [7, 11) is 0. The van der Waals surface area contributed by atoms with Gasteiger partial charge in [-0.15, -0.1) is 0 Å². The van der Waals surface area contributed by atoms with E-state index in [0.29, 0.717) is 0 Å². The summed E-state index contributed by atoms with van der Waals surface area (Å²) in [4.78, 5) is 0. The molecule has 1 radical (unpaired) electrons. The minimum absolute atomic E-state index is 0.881. The zero-order chi connectivity index (χ0) is 7.72. The summed E-state index contributed by atoms with van der Waals surface area (Å²) >= 11 is 0. The molecule has 0 bridgehead atoms. The van der Waals surface area contributed by atoms with E-state index >= 15 is 0 Å². The van der Waals surface area contributed by atoms with E-state index in [1.54, 1.807) is 5.92 Å². The van der Waals surface area contributed by atoms with Crippen molar-refractivity contribution in [2.75, 3.05) is 0 Å². The Kier molecular flexibility index (Phi) is 2.38. The summed E-state index contributed by atoms with van der Waals surface area (Å²) in [5.74, 6) is 4.46. The van der Waals surface area contributed by atoms with Crippen molar-refractivity contribution >= 4 is 0 Å². The second kappa shape index (κ2) is 2.94. The van der Waals surface area contributed by atoms with Gasteiger partial charge in [-0.05, 0) is 36.5 Å². The molecular formula is C10H19. The van der Waals surface area contributed by atoms with E-state index in [1.165, 1.54) is 12.8 Å². The van der Waals surface area contributed by atoms with Gasteiger partial charge in [0.25, 0.3) is 0 Å². The van der Waals surface area contributed by atoms with Gasteiger partial charge in [0.15, 0.2) is 0 Å². The summed E-state index contributed by atoms with van der Waals surface area (Å²) < 4.78 is 0. The lowest BCUT2D eigenvalue weighted by atomic mass is 9.71. The first-order valence-electron chi connectivity index (χ1n) is 4.43. The minimum Gasteiger partial charge on any atom is -0.0622 e. The molecular weight excluding hydrogens is 120 g/mol. The summed E-state index contributed by atoms with van der Waals surface area (Å²) in [5.41, 5.74) is 0. The molecule has 0 spiro atoms. The molecule has 3 atom stereocenters. The first-order valence-corrected chi connectivity index (χ1v) is 4.43. The Labute approximate surface area is 65.0 Å². The molecule has 3 unspecified atom stereocenters. The largest absolute Gasteiger partial charge is 0.0622 e. The van der Waals surface area contributed by atoms with E-state index < -0.39 is 0 Å². The molecule has 0 saturated heterocycles. The van der Waals surface area contributed by atoms with Crippen molar-refractivity contribution in [3.05, 3.63) is 5.92 Å². The SMILES string of the molecule is C[C]1CC(C)C(C)CC1C. The Morgan fingerprint density at radius 3 is 2.20 bits per heavy atom. The molecule has 0 aliphatic heterocycles. The monoisotopic (exact) mass is 139 g/mol. The van der Waals surface area contributed by atoms with Gasteiger partial charge in [0, 0.05) is 0 Å². The third-order valence-electron chi connectivity index (χ3n) is 3.18. The topological polar surface area (TPSA) is 0 Å². The quantitative estimate of drug-likeness (QED) is 0.483. The van der Waals surface area contributed by atoms with E-state index in [2.05, 4.69) is 27.7 Å². The molecule has 0 amide bonds. The maximum atomic E-state index is 2.38. The van der Waals surface area contributed by atoms with E-state index in [9.17, 15) is 0 Å². The van der Waals surface area contributed by atoms with Gasteiger partial charge in [-0.1, -0.05) is 27.7 Å². The van der Waals surface area contributed by atoms with Crippen LogP contribution >= 0.6 is 0 Å². The molecule has 10 heavy (non-hydrogen) atoms. The third-order valence-corrected chi connectivity index (χ3v) is 3.18. The smallest absolute Gasteiger partial charge is 0.0241 e. The fourth-order valence-electron chi connectivity index (χ4n) is 1.90. The summed E-state index contributed by atoms with van der Waals surface area (Å²) in [6, 6.07) is 0. The van der Waals surface area contributed by atoms with E-state index in [1.807, 2.05) is 0 Å². The van der Waals surface area contributed by atoms with Gasteiger partial charge in [-0.3, -0.25) is 0 Å². The Morgan fingerprint density at radius 1 is 1.10 bits per heavy atom. The molecule has 1 fully saturated rings. The van der Waals surface area contributed by atoms with Crippen LogP contribution in [0.25, 0.3) is 0 Å². The van der Waals surface area contributed by atoms with Crippen LogP contribution in [0.5, 0.6) is 0 Å².